The van der Waals surface area contributed by atoms with Gasteiger partial charge in [-0.1, -0.05) is 6.42 Å². The zero-order valence-electron chi connectivity index (χ0n) is 4.50. The highest BCUT2D eigenvalue weighted by Gasteiger charge is 2.01. The van der Waals surface area contributed by atoms with Crippen molar-refractivity contribution < 1.29 is 8.42 Å². The van der Waals surface area contributed by atoms with Crippen molar-refractivity contribution in [3.63, 3.8) is 0 Å². The Balaban J connectivity index is 2.58. The van der Waals surface area contributed by atoms with Gasteiger partial charge in [0.05, 0.1) is 10.0 Å². The quantitative estimate of drug-likeness (QED) is 0.484. The molecule has 3 nitrogen and oxygen atoms in total. The minimum absolute atomic E-state index is 0.257. The van der Waals surface area contributed by atoms with Crippen molar-refractivity contribution in [2.24, 2.45) is 0 Å². The average Bonchev–Trinajstić information content (AvgIpc) is 1.65. The minimum Gasteiger partial charge on any atom is -0.549 e. The summed E-state index contributed by atoms with van der Waals surface area (Å²) in [7, 11) is -2.96. The van der Waals surface area contributed by atoms with E-state index in [1.807, 2.05) is 0 Å². The fourth-order valence-electron chi connectivity index (χ4n) is 0.664. The average molecular weight is 134 g/mol. The van der Waals surface area contributed by atoms with Gasteiger partial charge in [-0.3, -0.25) is 0 Å². The first-order chi connectivity index (χ1) is 3.71. The molecule has 0 aromatic carbocycles. The maximum Gasteiger partial charge on any atom is 0.0721 e. The van der Waals surface area contributed by atoms with Crippen molar-refractivity contribution in [1.82, 2.24) is 0 Å². The molecule has 1 aliphatic heterocycles. The molecule has 48 valence electrons. The van der Waals surface area contributed by atoms with Crippen LogP contribution >= 0.6 is 0 Å². The van der Waals surface area contributed by atoms with Crippen LogP contribution < -0.4 is 0 Å². The fourth-order valence-corrected chi connectivity index (χ4v) is 1.77. The Morgan fingerprint density at radius 3 is 2.25 bits per heavy atom. The van der Waals surface area contributed by atoms with Crippen LogP contribution in [0.15, 0.2) is 0 Å². The van der Waals surface area contributed by atoms with Crippen molar-refractivity contribution >= 4 is 10.0 Å². The molecule has 8 heavy (non-hydrogen) atoms. The fraction of sp³-hybridized carbons (Fsp3) is 1.00. The summed E-state index contributed by atoms with van der Waals surface area (Å²) in [6, 6.07) is 0. The number of sulfonamides is 1. The summed E-state index contributed by atoms with van der Waals surface area (Å²) in [6.45, 7) is 0.502. The molecule has 0 atom stereocenters. The van der Waals surface area contributed by atoms with Crippen LogP contribution in [0.3, 0.4) is 0 Å². The molecule has 0 saturated carbocycles. The van der Waals surface area contributed by atoms with E-state index in [9.17, 15) is 8.42 Å². The van der Waals surface area contributed by atoms with Gasteiger partial charge in [0, 0.05) is 5.75 Å². The van der Waals surface area contributed by atoms with Gasteiger partial charge in [-0.2, -0.15) is 0 Å². The molecule has 0 unspecified atom stereocenters. The van der Waals surface area contributed by atoms with Gasteiger partial charge < -0.3 is 4.72 Å². The van der Waals surface area contributed by atoms with Crippen LogP contribution in [0.4, 0.5) is 0 Å². The van der Waals surface area contributed by atoms with E-state index in [-0.39, 0.29) is 5.75 Å². The molecule has 1 rings (SSSR count). The summed E-state index contributed by atoms with van der Waals surface area (Å²) in [5.74, 6) is 0.257. The molecule has 0 spiro atoms. The van der Waals surface area contributed by atoms with Gasteiger partial charge in [-0.25, -0.2) is 8.42 Å². The van der Waals surface area contributed by atoms with Crippen LogP contribution in [0.5, 0.6) is 0 Å². The molecule has 1 fully saturated rings. The second-order valence-electron chi connectivity index (χ2n) is 1.85. The van der Waals surface area contributed by atoms with Crippen LogP contribution in [0.1, 0.15) is 12.8 Å². The Hall–Kier alpha value is -0.0900. The molecular formula is C4H8NO2S-. The summed E-state index contributed by atoms with van der Waals surface area (Å²) in [6.07, 6.45) is 1.71. The minimum atomic E-state index is -2.96. The van der Waals surface area contributed by atoms with Gasteiger partial charge in [0.15, 0.2) is 0 Å². The number of rotatable bonds is 0. The van der Waals surface area contributed by atoms with Crippen molar-refractivity contribution in [2.75, 3.05) is 12.3 Å². The number of hydrogen-bond donors (Lipinski definition) is 0. The molecule has 0 aromatic heterocycles. The lowest BCUT2D eigenvalue weighted by Crippen LogP contribution is -2.11. The first kappa shape index (κ1) is 6.04. The standard InChI is InChI=1S/C4H8NO2S/c6-8(7)4-2-1-3-5-8/h1-4H2/q-1. The lowest BCUT2D eigenvalue weighted by atomic mass is 10.3. The molecule has 0 aromatic rings. The summed E-state index contributed by atoms with van der Waals surface area (Å²) < 4.78 is 24.4. The first-order valence-corrected chi connectivity index (χ1v) is 4.23. The summed E-state index contributed by atoms with van der Waals surface area (Å²) in [5, 5.41) is 0. The molecule has 0 amide bonds. The van der Waals surface area contributed by atoms with Gasteiger partial charge in [0.2, 0.25) is 0 Å². The smallest absolute Gasteiger partial charge is 0.0721 e. The second kappa shape index (κ2) is 2.03. The summed E-state index contributed by atoms with van der Waals surface area (Å²) >= 11 is 0. The van der Waals surface area contributed by atoms with Crippen LogP contribution in [-0.4, -0.2) is 20.7 Å². The van der Waals surface area contributed by atoms with Crippen LogP contribution in [0.2, 0.25) is 0 Å². The Bertz CT molecular complexity index is 149. The molecule has 0 aliphatic carbocycles. The Kier molecular flexibility index (Phi) is 1.53. The molecule has 1 saturated heterocycles. The second-order valence-corrected chi connectivity index (χ2v) is 3.68. The first-order valence-electron chi connectivity index (χ1n) is 2.62. The number of nitrogens with zero attached hydrogens (tertiary/aromatic N) is 1. The highest BCUT2D eigenvalue weighted by atomic mass is 32.2. The van der Waals surface area contributed by atoms with Crippen LogP contribution in [0.25, 0.3) is 4.72 Å². The third-order valence-corrected chi connectivity index (χ3v) is 2.48. The SMILES string of the molecule is O=S1(=O)CCCC[N-]1. The highest BCUT2D eigenvalue weighted by molar-refractivity contribution is 7.93. The molecule has 0 radical (unpaired) electrons. The van der Waals surface area contributed by atoms with Crippen LogP contribution in [-0.2, 0) is 10.0 Å². The van der Waals surface area contributed by atoms with E-state index in [0.29, 0.717) is 6.54 Å². The van der Waals surface area contributed by atoms with Gasteiger partial charge in [0.25, 0.3) is 0 Å². The molecule has 1 heterocycles. The monoisotopic (exact) mass is 134 g/mol. The van der Waals surface area contributed by atoms with E-state index in [0.717, 1.165) is 12.8 Å². The van der Waals surface area contributed by atoms with E-state index in [1.165, 1.54) is 0 Å². The Labute approximate surface area is 49.1 Å². The normalized spacial score (nSPS) is 27.5. The summed E-state index contributed by atoms with van der Waals surface area (Å²) in [4.78, 5) is 0. The Morgan fingerprint density at radius 1 is 1.25 bits per heavy atom. The summed E-state index contributed by atoms with van der Waals surface area (Å²) in [5.41, 5.74) is 0. The third-order valence-electron chi connectivity index (χ3n) is 1.10. The van der Waals surface area contributed by atoms with Gasteiger partial charge in [0.1, 0.15) is 0 Å². The predicted molar refractivity (Wildman–Crippen MR) is 31.2 cm³/mol. The maximum absolute atomic E-state index is 10.5. The van der Waals surface area contributed by atoms with Gasteiger partial charge >= 0.3 is 0 Å². The molecule has 0 bridgehead atoms. The van der Waals surface area contributed by atoms with E-state index in [4.69, 9.17) is 0 Å². The van der Waals surface area contributed by atoms with E-state index < -0.39 is 10.0 Å². The zero-order valence-corrected chi connectivity index (χ0v) is 5.32. The molecule has 4 heteroatoms. The van der Waals surface area contributed by atoms with Crippen molar-refractivity contribution in [1.29, 1.82) is 0 Å². The highest BCUT2D eigenvalue weighted by Crippen LogP contribution is 2.12. The largest absolute Gasteiger partial charge is 0.549 e. The lowest BCUT2D eigenvalue weighted by Gasteiger charge is -2.24. The van der Waals surface area contributed by atoms with Crippen molar-refractivity contribution in [3.05, 3.63) is 4.72 Å². The molecular weight excluding hydrogens is 126 g/mol. The molecule has 0 N–H and O–H groups in total. The van der Waals surface area contributed by atoms with E-state index >= 15 is 0 Å². The Morgan fingerprint density at radius 2 is 2.00 bits per heavy atom. The van der Waals surface area contributed by atoms with Gasteiger partial charge in [-0.15, -0.1) is 6.54 Å². The lowest BCUT2D eigenvalue weighted by molar-refractivity contribution is 0.591. The van der Waals surface area contributed by atoms with Crippen molar-refractivity contribution in [2.45, 2.75) is 12.8 Å². The number of hydrogen-bond acceptors (Lipinski definition) is 2. The van der Waals surface area contributed by atoms with E-state index in [1.54, 1.807) is 0 Å². The maximum atomic E-state index is 10.5. The van der Waals surface area contributed by atoms with E-state index in [2.05, 4.69) is 4.72 Å². The molecule has 1 aliphatic rings. The van der Waals surface area contributed by atoms with Gasteiger partial charge in [-0.05, 0) is 6.42 Å². The predicted octanol–water partition coefficient (Wildman–Crippen LogP) is 0.484. The topological polar surface area (TPSA) is 48.2 Å². The third kappa shape index (κ3) is 1.45. The zero-order chi connectivity index (χ0) is 6.04. The van der Waals surface area contributed by atoms with Crippen molar-refractivity contribution in [3.8, 4) is 0 Å². The van der Waals surface area contributed by atoms with Crippen LogP contribution in [0, 0.1) is 0 Å².